The fourth-order valence-electron chi connectivity index (χ4n) is 2.42. The van der Waals surface area contributed by atoms with Crippen molar-refractivity contribution in [3.63, 3.8) is 0 Å². The Labute approximate surface area is 155 Å². The minimum absolute atomic E-state index is 0.379. The molecule has 142 valence electrons. The van der Waals surface area contributed by atoms with Crippen LogP contribution < -0.4 is 4.74 Å². The molecule has 0 saturated carbocycles. The third-order valence-corrected chi connectivity index (χ3v) is 3.98. The number of carboxylic acid groups (broad SMARTS) is 1. The molecule has 26 heavy (non-hydrogen) atoms. The molecule has 1 aromatic rings. The molecule has 0 amide bonds. The van der Waals surface area contributed by atoms with Gasteiger partial charge < -0.3 is 14.6 Å². The summed E-state index contributed by atoms with van der Waals surface area (Å²) in [6, 6.07) is 7.52. The molecular formula is C21H28O5. The Balaban J connectivity index is 2.14. The zero-order valence-corrected chi connectivity index (χ0v) is 15.6. The van der Waals surface area contributed by atoms with E-state index in [1.807, 2.05) is 24.3 Å². The predicted molar refractivity (Wildman–Crippen MR) is 102 cm³/mol. The van der Waals surface area contributed by atoms with Crippen molar-refractivity contribution < 1.29 is 24.2 Å². The van der Waals surface area contributed by atoms with E-state index >= 15 is 0 Å². The van der Waals surface area contributed by atoms with Crippen LogP contribution in [-0.4, -0.2) is 30.8 Å². The van der Waals surface area contributed by atoms with E-state index in [2.05, 4.69) is 4.74 Å². The average molecular weight is 360 g/mol. The number of carbonyl (C=O) groups is 2. The van der Waals surface area contributed by atoms with Crippen LogP contribution in [-0.2, 0) is 14.3 Å². The zero-order chi connectivity index (χ0) is 19.2. The van der Waals surface area contributed by atoms with E-state index in [-0.39, 0.29) is 5.97 Å². The molecule has 0 radical (unpaired) electrons. The van der Waals surface area contributed by atoms with Crippen molar-refractivity contribution >= 4 is 18.0 Å². The Morgan fingerprint density at radius 2 is 1.69 bits per heavy atom. The lowest BCUT2D eigenvalue weighted by atomic mass is 10.1. The van der Waals surface area contributed by atoms with E-state index in [9.17, 15) is 9.59 Å². The molecule has 0 aliphatic carbocycles. The van der Waals surface area contributed by atoms with E-state index in [0.29, 0.717) is 18.6 Å². The molecule has 0 saturated heterocycles. The van der Waals surface area contributed by atoms with Crippen molar-refractivity contribution in [2.45, 2.75) is 45.4 Å². The van der Waals surface area contributed by atoms with Crippen molar-refractivity contribution in [3.8, 4) is 5.75 Å². The van der Waals surface area contributed by atoms with Gasteiger partial charge >= 0.3 is 11.9 Å². The summed E-state index contributed by atoms with van der Waals surface area (Å²) >= 11 is 0. The Morgan fingerprint density at radius 1 is 1.04 bits per heavy atom. The van der Waals surface area contributed by atoms with Crippen molar-refractivity contribution in [2.75, 3.05) is 13.7 Å². The van der Waals surface area contributed by atoms with Gasteiger partial charge in [-0.15, -0.1) is 0 Å². The summed E-state index contributed by atoms with van der Waals surface area (Å²) in [5.74, 6) is -0.387. The van der Waals surface area contributed by atoms with E-state index in [1.54, 1.807) is 19.1 Å². The average Bonchev–Trinajstić information content (AvgIpc) is 2.65. The van der Waals surface area contributed by atoms with Crippen LogP contribution in [0.3, 0.4) is 0 Å². The second-order valence-electron chi connectivity index (χ2n) is 5.91. The molecule has 0 unspecified atom stereocenters. The highest BCUT2D eigenvalue weighted by Crippen LogP contribution is 2.15. The van der Waals surface area contributed by atoms with Gasteiger partial charge in [-0.05, 0) is 50.0 Å². The van der Waals surface area contributed by atoms with Crippen LogP contribution in [0, 0.1) is 0 Å². The molecule has 1 rings (SSSR count). The zero-order valence-electron chi connectivity index (χ0n) is 15.6. The van der Waals surface area contributed by atoms with E-state index in [4.69, 9.17) is 9.84 Å². The quantitative estimate of drug-likeness (QED) is 0.334. The number of unbranched alkanes of at least 4 members (excludes halogenated alkanes) is 4. The van der Waals surface area contributed by atoms with Crippen LogP contribution in [0.25, 0.3) is 6.08 Å². The van der Waals surface area contributed by atoms with Crippen LogP contribution in [0.4, 0.5) is 0 Å². The smallest absolute Gasteiger partial charge is 0.331 e. The number of ether oxygens (including phenoxy) is 2. The number of benzene rings is 1. The first-order valence-electron chi connectivity index (χ1n) is 8.94. The normalized spacial score (nSPS) is 11.5. The van der Waals surface area contributed by atoms with Gasteiger partial charge in [0.1, 0.15) is 5.75 Å². The van der Waals surface area contributed by atoms with E-state index in [0.717, 1.165) is 43.4 Å². The van der Waals surface area contributed by atoms with Crippen LogP contribution in [0.2, 0.25) is 0 Å². The molecular weight excluding hydrogens is 332 g/mol. The predicted octanol–water partition coefficient (Wildman–Crippen LogP) is 4.62. The van der Waals surface area contributed by atoms with Gasteiger partial charge in [-0.2, -0.15) is 0 Å². The number of methoxy groups -OCH3 is 1. The third kappa shape index (κ3) is 9.06. The highest BCUT2D eigenvalue weighted by Gasteiger charge is 2.04. The standard InChI is InChI=1S/C21H28O5/c1-3-18(21(23)24)9-7-5-4-6-8-16-26-19-13-10-17(11-14-19)12-15-20(22)25-2/h3,10-15H,4-9,16H2,1-2H3,(H,23,24). The number of aliphatic carboxylic acids is 1. The van der Waals surface area contributed by atoms with E-state index < -0.39 is 5.97 Å². The van der Waals surface area contributed by atoms with Crippen LogP contribution in [0.1, 0.15) is 51.0 Å². The first-order chi connectivity index (χ1) is 12.6. The monoisotopic (exact) mass is 360 g/mol. The number of carboxylic acids is 1. The number of allylic oxidation sites excluding steroid dienone is 1. The Kier molecular flexibility index (Phi) is 10.5. The summed E-state index contributed by atoms with van der Waals surface area (Å²) in [7, 11) is 1.35. The second kappa shape index (κ2) is 12.8. The SMILES string of the molecule is CC=C(CCCCCCCOc1ccc(C=CC(=O)OC)cc1)C(=O)O. The molecule has 0 aliphatic rings. The number of carbonyl (C=O) groups excluding carboxylic acids is 1. The van der Waals surface area contributed by atoms with Crippen LogP contribution >= 0.6 is 0 Å². The van der Waals surface area contributed by atoms with Gasteiger partial charge in [0.25, 0.3) is 0 Å². The van der Waals surface area contributed by atoms with Crippen molar-refractivity contribution in [2.24, 2.45) is 0 Å². The highest BCUT2D eigenvalue weighted by atomic mass is 16.5. The fourth-order valence-corrected chi connectivity index (χ4v) is 2.42. The van der Waals surface area contributed by atoms with Gasteiger partial charge in [0, 0.05) is 11.6 Å². The lowest BCUT2D eigenvalue weighted by Crippen LogP contribution is -2.00. The lowest BCUT2D eigenvalue weighted by molar-refractivity contribution is -0.135. The topological polar surface area (TPSA) is 72.8 Å². The summed E-state index contributed by atoms with van der Waals surface area (Å²) in [5, 5.41) is 8.93. The van der Waals surface area contributed by atoms with Gasteiger partial charge in [-0.1, -0.05) is 37.5 Å². The maximum Gasteiger partial charge on any atom is 0.331 e. The lowest BCUT2D eigenvalue weighted by Gasteiger charge is -2.06. The van der Waals surface area contributed by atoms with Gasteiger partial charge in [0.05, 0.1) is 13.7 Å². The fraction of sp³-hybridized carbons (Fsp3) is 0.429. The highest BCUT2D eigenvalue weighted by molar-refractivity contribution is 5.87. The first kappa shape index (κ1) is 21.5. The molecule has 0 fully saturated rings. The van der Waals surface area contributed by atoms with Gasteiger partial charge in [0.2, 0.25) is 0 Å². The second-order valence-corrected chi connectivity index (χ2v) is 5.91. The molecule has 0 aromatic heterocycles. The first-order valence-corrected chi connectivity index (χ1v) is 8.94. The number of hydrogen-bond donors (Lipinski definition) is 1. The Hall–Kier alpha value is -2.56. The van der Waals surface area contributed by atoms with Crippen LogP contribution in [0.15, 0.2) is 42.0 Å². The summed E-state index contributed by atoms with van der Waals surface area (Å²) in [6.45, 7) is 2.43. The Bertz CT molecular complexity index is 614. The summed E-state index contributed by atoms with van der Waals surface area (Å²) in [6.07, 6.45) is 10.4. The summed E-state index contributed by atoms with van der Waals surface area (Å²) in [5.41, 5.74) is 1.41. The summed E-state index contributed by atoms with van der Waals surface area (Å²) < 4.78 is 10.2. The number of esters is 1. The molecule has 5 heteroatoms. The largest absolute Gasteiger partial charge is 0.494 e. The molecule has 1 aromatic carbocycles. The maximum absolute atomic E-state index is 11.0. The number of rotatable bonds is 12. The molecule has 0 spiro atoms. The summed E-state index contributed by atoms with van der Waals surface area (Å²) in [4.78, 5) is 21.9. The van der Waals surface area contributed by atoms with Gasteiger partial charge in [-0.3, -0.25) is 0 Å². The molecule has 5 nitrogen and oxygen atoms in total. The molecule has 0 heterocycles. The van der Waals surface area contributed by atoms with Crippen molar-refractivity contribution in [1.29, 1.82) is 0 Å². The number of hydrogen-bond acceptors (Lipinski definition) is 4. The Morgan fingerprint density at radius 3 is 2.31 bits per heavy atom. The minimum Gasteiger partial charge on any atom is -0.494 e. The molecule has 0 bridgehead atoms. The maximum atomic E-state index is 11.0. The van der Waals surface area contributed by atoms with Crippen molar-refractivity contribution in [3.05, 3.63) is 47.6 Å². The van der Waals surface area contributed by atoms with E-state index in [1.165, 1.54) is 13.2 Å². The molecule has 0 aliphatic heterocycles. The molecule has 0 atom stereocenters. The van der Waals surface area contributed by atoms with Gasteiger partial charge in [-0.25, -0.2) is 9.59 Å². The minimum atomic E-state index is -0.812. The van der Waals surface area contributed by atoms with Gasteiger partial charge in [0.15, 0.2) is 0 Å². The van der Waals surface area contributed by atoms with Crippen LogP contribution in [0.5, 0.6) is 5.75 Å². The third-order valence-electron chi connectivity index (χ3n) is 3.98. The van der Waals surface area contributed by atoms with Crippen molar-refractivity contribution in [1.82, 2.24) is 0 Å². The molecule has 1 N–H and O–H groups in total.